The number of ether oxygens (including phenoxy) is 1. The van der Waals surface area contributed by atoms with Crippen LogP contribution in [0.25, 0.3) is 0 Å². The highest BCUT2D eigenvalue weighted by atomic mass is 16.5. The maximum absolute atomic E-state index is 11.1. The molecule has 0 radical (unpaired) electrons. The summed E-state index contributed by atoms with van der Waals surface area (Å²) in [6, 6.07) is 1.70. The molecule has 0 aliphatic rings. The Labute approximate surface area is 83.1 Å². The Hall–Kier alpha value is -1.58. The molecule has 0 saturated heterocycles. The Bertz CT molecular complexity index is 337. The van der Waals surface area contributed by atoms with Crippen molar-refractivity contribution in [3.8, 4) is 0 Å². The highest BCUT2D eigenvalue weighted by Gasteiger charge is 2.05. The van der Waals surface area contributed by atoms with E-state index in [9.17, 15) is 4.79 Å². The van der Waals surface area contributed by atoms with Crippen LogP contribution in [0.2, 0.25) is 0 Å². The van der Waals surface area contributed by atoms with Crippen LogP contribution in [0, 0.1) is 6.92 Å². The molecule has 1 aromatic rings. The van der Waals surface area contributed by atoms with E-state index in [1.807, 2.05) is 6.92 Å². The second kappa shape index (κ2) is 4.60. The van der Waals surface area contributed by atoms with E-state index in [0.29, 0.717) is 18.0 Å². The zero-order valence-corrected chi connectivity index (χ0v) is 8.41. The summed E-state index contributed by atoms with van der Waals surface area (Å²) in [7, 11) is 0. The van der Waals surface area contributed by atoms with Crippen molar-refractivity contribution in [1.29, 1.82) is 0 Å². The lowest BCUT2D eigenvalue weighted by Gasteiger charge is -2.03. The van der Waals surface area contributed by atoms with Crippen LogP contribution < -0.4 is 5.73 Å². The number of hydrogen-bond donors (Lipinski definition) is 1. The number of carbonyl (C=O) groups excluding carboxylic acids is 1. The largest absolute Gasteiger partial charge is 0.466 e. The molecule has 0 atom stereocenters. The average molecular weight is 194 g/mol. The molecule has 0 saturated carbocycles. The van der Waals surface area contributed by atoms with E-state index >= 15 is 0 Å². The second-order valence-corrected chi connectivity index (χ2v) is 3.01. The first-order valence-electron chi connectivity index (χ1n) is 4.50. The molecule has 1 heterocycles. The van der Waals surface area contributed by atoms with Gasteiger partial charge in [0.2, 0.25) is 0 Å². The zero-order valence-electron chi connectivity index (χ0n) is 8.41. The standard InChI is InChI=1S/C10H14N2O2/c1-3-14-10(13)5-8-4-9(11)7(2)6-12-8/h4,6H,3,5H2,1-2H3,(H2,11,12). The van der Waals surface area contributed by atoms with E-state index in [2.05, 4.69) is 4.98 Å². The Kier molecular flexibility index (Phi) is 3.45. The van der Waals surface area contributed by atoms with Gasteiger partial charge in [0.1, 0.15) is 0 Å². The highest BCUT2D eigenvalue weighted by molar-refractivity contribution is 5.72. The van der Waals surface area contributed by atoms with Crippen molar-refractivity contribution in [3.63, 3.8) is 0 Å². The molecule has 0 bridgehead atoms. The zero-order chi connectivity index (χ0) is 10.6. The minimum atomic E-state index is -0.275. The van der Waals surface area contributed by atoms with Crippen molar-refractivity contribution >= 4 is 11.7 Å². The fourth-order valence-corrected chi connectivity index (χ4v) is 1.04. The molecule has 0 aliphatic heterocycles. The molecule has 1 rings (SSSR count). The lowest BCUT2D eigenvalue weighted by molar-refractivity contribution is -0.142. The van der Waals surface area contributed by atoms with Crippen LogP contribution in [0.3, 0.4) is 0 Å². The van der Waals surface area contributed by atoms with Crippen LogP contribution in [0.5, 0.6) is 0 Å². The molecule has 2 N–H and O–H groups in total. The summed E-state index contributed by atoms with van der Waals surface area (Å²) in [4.78, 5) is 15.2. The predicted octanol–water partition coefficient (Wildman–Crippen LogP) is 1.08. The fourth-order valence-electron chi connectivity index (χ4n) is 1.04. The van der Waals surface area contributed by atoms with Gasteiger partial charge in [-0.2, -0.15) is 0 Å². The minimum Gasteiger partial charge on any atom is -0.466 e. The summed E-state index contributed by atoms with van der Waals surface area (Å²) in [6.07, 6.45) is 1.84. The highest BCUT2D eigenvalue weighted by Crippen LogP contribution is 2.10. The normalized spacial score (nSPS) is 9.86. The molecule has 0 spiro atoms. The molecule has 0 amide bonds. The van der Waals surface area contributed by atoms with Gasteiger partial charge in [0.15, 0.2) is 0 Å². The number of nitrogen functional groups attached to an aromatic ring is 1. The summed E-state index contributed by atoms with van der Waals surface area (Å²) in [5, 5.41) is 0. The van der Waals surface area contributed by atoms with Crippen LogP contribution >= 0.6 is 0 Å². The number of rotatable bonds is 3. The predicted molar refractivity (Wildman–Crippen MR) is 53.7 cm³/mol. The molecule has 0 fully saturated rings. The fraction of sp³-hybridized carbons (Fsp3) is 0.400. The topological polar surface area (TPSA) is 65.2 Å². The number of hydrogen-bond acceptors (Lipinski definition) is 4. The SMILES string of the molecule is CCOC(=O)Cc1cc(N)c(C)cn1. The molecule has 0 aliphatic carbocycles. The molecule has 0 unspecified atom stereocenters. The van der Waals surface area contributed by atoms with Crippen LogP contribution in [0.15, 0.2) is 12.3 Å². The Balaban J connectivity index is 2.68. The van der Waals surface area contributed by atoms with E-state index in [1.54, 1.807) is 19.2 Å². The van der Waals surface area contributed by atoms with Gasteiger partial charge in [-0.3, -0.25) is 9.78 Å². The molecule has 4 nitrogen and oxygen atoms in total. The summed E-state index contributed by atoms with van der Waals surface area (Å²) in [5.41, 5.74) is 7.89. The summed E-state index contributed by atoms with van der Waals surface area (Å²) < 4.78 is 4.80. The van der Waals surface area contributed by atoms with Gasteiger partial charge in [-0.1, -0.05) is 0 Å². The third-order valence-corrected chi connectivity index (χ3v) is 1.83. The first kappa shape index (κ1) is 10.5. The number of aryl methyl sites for hydroxylation is 1. The lowest BCUT2D eigenvalue weighted by atomic mass is 10.2. The number of esters is 1. The van der Waals surface area contributed by atoms with Gasteiger partial charge >= 0.3 is 5.97 Å². The number of pyridine rings is 1. The Morgan fingerprint density at radius 2 is 2.36 bits per heavy atom. The lowest BCUT2D eigenvalue weighted by Crippen LogP contribution is -2.09. The van der Waals surface area contributed by atoms with E-state index in [4.69, 9.17) is 10.5 Å². The van der Waals surface area contributed by atoms with Gasteiger partial charge in [0.05, 0.1) is 18.7 Å². The van der Waals surface area contributed by atoms with Crippen molar-refractivity contribution in [2.45, 2.75) is 20.3 Å². The van der Waals surface area contributed by atoms with Gasteiger partial charge in [0.25, 0.3) is 0 Å². The van der Waals surface area contributed by atoms with E-state index < -0.39 is 0 Å². The van der Waals surface area contributed by atoms with Gasteiger partial charge in [-0.15, -0.1) is 0 Å². The quantitative estimate of drug-likeness (QED) is 0.731. The Morgan fingerprint density at radius 1 is 1.64 bits per heavy atom. The van der Waals surface area contributed by atoms with Gasteiger partial charge in [0, 0.05) is 11.9 Å². The van der Waals surface area contributed by atoms with Crippen molar-refractivity contribution < 1.29 is 9.53 Å². The first-order chi connectivity index (χ1) is 6.63. The molecule has 14 heavy (non-hydrogen) atoms. The average Bonchev–Trinajstić information content (AvgIpc) is 2.12. The van der Waals surface area contributed by atoms with E-state index in [1.165, 1.54) is 0 Å². The maximum atomic E-state index is 11.1. The smallest absolute Gasteiger partial charge is 0.311 e. The maximum Gasteiger partial charge on any atom is 0.311 e. The second-order valence-electron chi connectivity index (χ2n) is 3.01. The summed E-state index contributed by atoms with van der Waals surface area (Å²) >= 11 is 0. The van der Waals surface area contributed by atoms with E-state index in [0.717, 1.165) is 5.56 Å². The number of aromatic nitrogens is 1. The molecular weight excluding hydrogens is 180 g/mol. The van der Waals surface area contributed by atoms with Crippen LogP contribution in [-0.2, 0) is 16.0 Å². The molecule has 1 aromatic heterocycles. The molecular formula is C10H14N2O2. The monoisotopic (exact) mass is 194 g/mol. The van der Waals surface area contributed by atoms with Crippen molar-refractivity contribution in [3.05, 3.63) is 23.5 Å². The number of anilines is 1. The molecule has 4 heteroatoms. The minimum absolute atomic E-state index is 0.179. The van der Waals surface area contributed by atoms with Crippen LogP contribution in [0.1, 0.15) is 18.2 Å². The van der Waals surface area contributed by atoms with Crippen molar-refractivity contribution in [1.82, 2.24) is 4.98 Å². The first-order valence-corrected chi connectivity index (χ1v) is 4.50. The third-order valence-electron chi connectivity index (χ3n) is 1.83. The summed E-state index contributed by atoms with van der Waals surface area (Å²) in [6.45, 7) is 4.03. The molecule has 0 aromatic carbocycles. The third kappa shape index (κ3) is 2.73. The van der Waals surface area contributed by atoms with Crippen LogP contribution in [0.4, 0.5) is 5.69 Å². The number of carbonyl (C=O) groups is 1. The molecule has 76 valence electrons. The van der Waals surface area contributed by atoms with Crippen LogP contribution in [-0.4, -0.2) is 17.6 Å². The van der Waals surface area contributed by atoms with Crippen molar-refractivity contribution in [2.75, 3.05) is 12.3 Å². The van der Waals surface area contributed by atoms with Gasteiger partial charge in [-0.05, 0) is 25.5 Å². The van der Waals surface area contributed by atoms with Crippen molar-refractivity contribution in [2.24, 2.45) is 0 Å². The number of nitrogens with zero attached hydrogens (tertiary/aromatic N) is 1. The van der Waals surface area contributed by atoms with Gasteiger partial charge in [-0.25, -0.2) is 0 Å². The number of nitrogens with two attached hydrogens (primary N) is 1. The summed E-state index contributed by atoms with van der Waals surface area (Å²) in [5.74, 6) is -0.275. The Morgan fingerprint density at radius 3 is 2.93 bits per heavy atom. The van der Waals surface area contributed by atoms with Gasteiger partial charge < -0.3 is 10.5 Å². The van der Waals surface area contributed by atoms with E-state index in [-0.39, 0.29) is 12.4 Å².